The van der Waals surface area contributed by atoms with Gasteiger partial charge in [-0.05, 0) is 30.0 Å². The largest absolute Gasteiger partial charge is 0.414 e. The highest BCUT2D eigenvalue weighted by Crippen LogP contribution is 2.09. The van der Waals surface area contributed by atoms with E-state index in [0.717, 1.165) is 31.7 Å². The molecule has 0 aliphatic carbocycles. The maximum atomic E-state index is 5.87. The van der Waals surface area contributed by atoms with Gasteiger partial charge in [-0.15, -0.1) is 0 Å². The molecule has 0 bridgehead atoms. The molecule has 0 fully saturated rings. The molecular formula is C15H23O2Si. The van der Waals surface area contributed by atoms with Crippen molar-refractivity contribution in [3.63, 3.8) is 0 Å². The Hall–Kier alpha value is -0.903. The van der Waals surface area contributed by atoms with E-state index in [9.17, 15) is 0 Å². The number of benzene rings is 1. The van der Waals surface area contributed by atoms with E-state index in [-0.39, 0.29) is 0 Å². The number of methoxy groups -OCH3 is 1. The van der Waals surface area contributed by atoms with Crippen LogP contribution in [0.3, 0.4) is 0 Å². The summed E-state index contributed by atoms with van der Waals surface area (Å²) in [6, 6.07) is 9.61. The summed E-state index contributed by atoms with van der Waals surface area (Å²) < 4.78 is 11.0. The van der Waals surface area contributed by atoms with Crippen LogP contribution in [0.25, 0.3) is 6.08 Å². The topological polar surface area (TPSA) is 18.5 Å². The summed E-state index contributed by atoms with van der Waals surface area (Å²) in [7, 11) is 1.00. The van der Waals surface area contributed by atoms with Gasteiger partial charge in [0, 0.05) is 13.7 Å². The average Bonchev–Trinajstić information content (AvgIpc) is 2.42. The van der Waals surface area contributed by atoms with Gasteiger partial charge in [0.15, 0.2) is 0 Å². The number of rotatable bonds is 9. The smallest absolute Gasteiger partial charge is 0.237 e. The van der Waals surface area contributed by atoms with E-state index in [1.165, 1.54) is 11.1 Å². The van der Waals surface area contributed by atoms with Crippen LogP contribution in [-0.4, -0.2) is 29.0 Å². The maximum Gasteiger partial charge on any atom is 0.237 e. The molecule has 1 rings (SSSR count). The van der Waals surface area contributed by atoms with Crippen molar-refractivity contribution in [2.24, 2.45) is 0 Å². The van der Waals surface area contributed by atoms with Crippen LogP contribution in [0, 0.1) is 0 Å². The minimum absolute atomic E-state index is 0.740. The molecule has 99 valence electrons. The highest BCUT2D eigenvalue weighted by atomic mass is 28.3. The lowest BCUT2D eigenvalue weighted by atomic mass is 10.1. The molecule has 0 amide bonds. The predicted octanol–water partition coefficient (Wildman–Crippen LogP) is 3.48. The number of hydrogen-bond donors (Lipinski definition) is 0. The molecule has 18 heavy (non-hydrogen) atoms. The third-order valence-corrected chi connectivity index (χ3v) is 4.81. The van der Waals surface area contributed by atoms with Gasteiger partial charge in [-0.3, -0.25) is 0 Å². The second-order valence-electron chi connectivity index (χ2n) is 4.23. The summed E-state index contributed by atoms with van der Waals surface area (Å²) in [6.07, 6.45) is 4.80. The molecule has 0 atom stereocenters. The Morgan fingerprint density at radius 1 is 1.39 bits per heavy atom. The summed E-state index contributed by atoms with van der Waals surface area (Å²) >= 11 is 0. The molecule has 0 spiro atoms. The average molecular weight is 263 g/mol. The Labute approximate surface area is 112 Å². The molecule has 0 aliphatic heterocycles. The molecule has 0 heterocycles. The van der Waals surface area contributed by atoms with E-state index < -0.39 is 9.04 Å². The predicted molar refractivity (Wildman–Crippen MR) is 78.9 cm³/mol. The van der Waals surface area contributed by atoms with Gasteiger partial charge in [-0.25, -0.2) is 0 Å². The molecular weight excluding hydrogens is 240 g/mol. The van der Waals surface area contributed by atoms with Crippen LogP contribution in [0.5, 0.6) is 0 Å². The van der Waals surface area contributed by atoms with Crippen LogP contribution in [0.1, 0.15) is 24.5 Å². The van der Waals surface area contributed by atoms with Crippen LogP contribution in [0.2, 0.25) is 6.04 Å². The van der Waals surface area contributed by atoms with E-state index >= 15 is 0 Å². The lowest BCUT2D eigenvalue weighted by Crippen LogP contribution is -2.24. The first kappa shape index (κ1) is 15.2. The normalized spacial score (nSPS) is 10.8. The van der Waals surface area contributed by atoms with Crippen LogP contribution in [0.15, 0.2) is 30.8 Å². The quantitative estimate of drug-likeness (QED) is 0.502. The van der Waals surface area contributed by atoms with Crippen LogP contribution in [-0.2, 0) is 15.6 Å². The molecule has 0 unspecified atom stereocenters. The van der Waals surface area contributed by atoms with Crippen molar-refractivity contribution in [3.05, 3.63) is 42.0 Å². The van der Waals surface area contributed by atoms with Gasteiger partial charge in [0.05, 0.1) is 6.23 Å². The van der Waals surface area contributed by atoms with Crippen LogP contribution < -0.4 is 0 Å². The summed E-state index contributed by atoms with van der Waals surface area (Å²) in [5, 5.41) is 0. The van der Waals surface area contributed by atoms with Crippen molar-refractivity contribution in [2.45, 2.75) is 25.8 Å². The second-order valence-corrected chi connectivity index (χ2v) is 6.59. The van der Waals surface area contributed by atoms with Crippen molar-refractivity contribution in [1.82, 2.24) is 0 Å². The molecule has 0 aliphatic rings. The van der Waals surface area contributed by atoms with Crippen molar-refractivity contribution in [3.8, 4) is 0 Å². The van der Waals surface area contributed by atoms with Gasteiger partial charge in [0.25, 0.3) is 0 Å². The first-order valence-corrected chi connectivity index (χ1v) is 8.30. The fourth-order valence-electron chi connectivity index (χ4n) is 1.78. The Bertz CT molecular complexity index is 352. The van der Waals surface area contributed by atoms with Gasteiger partial charge in [0.2, 0.25) is 9.04 Å². The zero-order chi connectivity index (χ0) is 13.2. The zero-order valence-corrected chi connectivity index (χ0v) is 12.4. The van der Waals surface area contributed by atoms with Gasteiger partial charge in [-0.1, -0.05) is 43.8 Å². The number of ether oxygens (including phenoxy) is 1. The summed E-state index contributed by atoms with van der Waals surface area (Å²) in [6.45, 7) is 6.79. The van der Waals surface area contributed by atoms with Gasteiger partial charge < -0.3 is 9.16 Å². The van der Waals surface area contributed by atoms with Crippen molar-refractivity contribution in [2.75, 3.05) is 19.9 Å². The molecule has 1 aromatic carbocycles. The van der Waals surface area contributed by atoms with Gasteiger partial charge in [0.1, 0.15) is 0 Å². The maximum absolute atomic E-state index is 5.87. The van der Waals surface area contributed by atoms with E-state index in [2.05, 4.69) is 37.8 Å². The van der Waals surface area contributed by atoms with Crippen LogP contribution >= 0.6 is 0 Å². The second kappa shape index (κ2) is 9.08. The number of aryl methyl sites for hydroxylation is 1. The standard InChI is InChI=1S/C15H23O2Si/c1-4-14-8-6-9-15(12-14)10-7-11-17-18(5-2)13-16-3/h4,6,8-9,12H,1,5,7,10-11,13H2,2-3H3. The van der Waals surface area contributed by atoms with E-state index in [0.29, 0.717) is 0 Å². The van der Waals surface area contributed by atoms with Crippen molar-refractivity contribution >= 4 is 15.1 Å². The SMILES string of the molecule is C=Cc1cccc(CCCO[Si](CC)COC)c1. The van der Waals surface area contributed by atoms with Crippen molar-refractivity contribution in [1.29, 1.82) is 0 Å². The minimum atomic E-state index is -0.740. The van der Waals surface area contributed by atoms with Crippen molar-refractivity contribution < 1.29 is 9.16 Å². The van der Waals surface area contributed by atoms with Gasteiger partial charge in [-0.2, -0.15) is 0 Å². The monoisotopic (exact) mass is 263 g/mol. The lowest BCUT2D eigenvalue weighted by molar-refractivity contribution is 0.216. The molecule has 0 N–H and O–H groups in total. The van der Waals surface area contributed by atoms with Gasteiger partial charge >= 0.3 is 0 Å². The lowest BCUT2D eigenvalue weighted by Gasteiger charge is -2.12. The Morgan fingerprint density at radius 2 is 2.22 bits per heavy atom. The molecule has 0 aromatic heterocycles. The van der Waals surface area contributed by atoms with Crippen LogP contribution in [0.4, 0.5) is 0 Å². The fraction of sp³-hybridized carbons (Fsp3) is 0.467. The zero-order valence-electron chi connectivity index (χ0n) is 11.4. The first-order valence-electron chi connectivity index (χ1n) is 6.48. The Morgan fingerprint density at radius 3 is 2.89 bits per heavy atom. The van der Waals surface area contributed by atoms with E-state index in [1.807, 2.05) is 6.08 Å². The fourth-order valence-corrected chi connectivity index (χ4v) is 3.02. The molecule has 1 aromatic rings. The highest BCUT2D eigenvalue weighted by Gasteiger charge is 2.09. The third-order valence-electron chi connectivity index (χ3n) is 2.80. The number of hydrogen-bond acceptors (Lipinski definition) is 2. The highest BCUT2D eigenvalue weighted by molar-refractivity contribution is 6.51. The minimum Gasteiger partial charge on any atom is -0.414 e. The first-order chi connectivity index (χ1) is 8.80. The molecule has 0 saturated carbocycles. The Balaban J connectivity index is 2.26. The van der Waals surface area contributed by atoms with E-state index in [1.54, 1.807) is 7.11 Å². The molecule has 1 radical (unpaired) electrons. The summed E-state index contributed by atoms with van der Waals surface area (Å²) in [5.74, 6) is 0. The summed E-state index contributed by atoms with van der Waals surface area (Å²) in [5.41, 5.74) is 2.54. The molecule has 3 heteroatoms. The Kier molecular flexibility index (Phi) is 7.65. The molecule has 0 saturated heterocycles. The summed E-state index contributed by atoms with van der Waals surface area (Å²) in [4.78, 5) is 0. The molecule has 2 nitrogen and oxygen atoms in total. The third kappa shape index (κ3) is 5.62. The van der Waals surface area contributed by atoms with E-state index in [4.69, 9.17) is 9.16 Å².